The van der Waals surface area contributed by atoms with Crippen LogP contribution in [0.25, 0.3) is 0 Å². The molecule has 15 heavy (non-hydrogen) atoms. The van der Waals surface area contributed by atoms with E-state index in [0.717, 1.165) is 13.2 Å². The van der Waals surface area contributed by atoms with Crippen molar-refractivity contribution in [2.75, 3.05) is 46.9 Å². The molecule has 1 unspecified atom stereocenters. The van der Waals surface area contributed by atoms with Gasteiger partial charge in [0.25, 0.3) is 0 Å². The first-order valence-corrected chi connectivity index (χ1v) is 6.11. The fourth-order valence-electron chi connectivity index (χ4n) is 2.48. The molecule has 0 spiro atoms. The summed E-state index contributed by atoms with van der Waals surface area (Å²) >= 11 is 0. The van der Waals surface area contributed by atoms with E-state index in [0.29, 0.717) is 5.41 Å². The molecule has 0 aromatic heterocycles. The Labute approximate surface area is 94.2 Å². The van der Waals surface area contributed by atoms with Crippen molar-refractivity contribution in [2.24, 2.45) is 5.41 Å². The lowest BCUT2D eigenvalue weighted by Crippen LogP contribution is -2.46. The third kappa shape index (κ3) is 4.09. The summed E-state index contributed by atoms with van der Waals surface area (Å²) in [4.78, 5) is 2.40. The van der Waals surface area contributed by atoms with E-state index >= 15 is 0 Å². The lowest BCUT2D eigenvalue weighted by Gasteiger charge is -2.40. The second-order valence-corrected chi connectivity index (χ2v) is 4.86. The summed E-state index contributed by atoms with van der Waals surface area (Å²) in [7, 11) is 3.97. The molecule has 1 fully saturated rings. The largest absolute Gasteiger partial charge is 0.383 e. The molecule has 1 saturated heterocycles. The van der Waals surface area contributed by atoms with Crippen LogP contribution in [0.5, 0.6) is 0 Å². The van der Waals surface area contributed by atoms with Crippen molar-refractivity contribution in [2.45, 2.75) is 26.2 Å². The molecule has 0 radical (unpaired) electrons. The highest BCUT2D eigenvalue weighted by Crippen LogP contribution is 2.30. The summed E-state index contributed by atoms with van der Waals surface area (Å²) in [6.45, 7) is 7.77. The van der Waals surface area contributed by atoms with E-state index < -0.39 is 0 Å². The Bertz CT molecular complexity index is 167. The van der Waals surface area contributed by atoms with Crippen LogP contribution in [0, 0.1) is 5.41 Å². The van der Waals surface area contributed by atoms with Gasteiger partial charge in [-0.25, -0.2) is 0 Å². The molecule has 0 aromatic rings. The minimum Gasteiger partial charge on any atom is -0.383 e. The van der Waals surface area contributed by atoms with Crippen molar-refractivity contribution in [1.29, 1.82) is 0 Å². The minimum atomic E-state index is 0.501. The Morgan fingerprint density at radius 3 is 2.80 bits per heavy atom. The van der Waals surface area contributed by atoms with Gasteiger partial charge in [0, 0.05) is 26.7 Å². The predicted octanol–water partition coefficient (Wildman–Crippen LogP) is 1.34. The number of nitrogens with zero attached hydrogens (tertiary/aromatic N) is 1. The van der Waals surface area contributed by atoms with E-state index in [2.05, 4.69) is 24.2 Å². The molecule has 1 aliphatic rings. The first kappa shape index (κ1) is 12.9. The zero-order chi connectivity index (χ0) is 11.1. The minimum absolute atomic E-state index is 0.501. The van der Waals surface area contributed by atoms with Gasteiger partial charge in [0.15, 0.2) is 0 Å². The van der Waals surface area contributed by atoms with E-state index in [1.165, 1.54) is 38.9 Å². The molecule has 1 atom stereocenters. The SMILES string of the molecule is CCC1(CN(C)CCOC)CCCNC1. The van der Waals surface area contributed by atoms with Crippen LogP contribution in [0.4, 0.5) is 0 Å². The van der Waals surface area contributed by atoms with E-state index in [9.17, 15) is 0 Å². The summed E-state index contributed by atoms with van der Waals surface area (Å²) in [6, 6.07) is 0. The molecular formula is C12H26N2O. The smallest absolute Gasteiger partial charge is 0.0589 e. The van der Waals surface area contributed by atoms with Crippen molar-refractivity contribution in [1.82, 2.24) is 10.2 Å². The van der Waals surface area contributed by atoms with Crippen molar-refractivity contribution in [3.8, 4) is 0 Å². The van der Waals surface area contributed by atoms with Gasteiger partial charge in [-0.3, -0.25) is 0 Å². The zero-order valence-corrected chi connectivity index (χ0v) is 10.5. The normalized spacial score (nSPS) is 27.2. The van der Waals surface area contributed by atoms with Gasteiger partial charge in [0.2, 0.25) is 0 Å². The third-order valence-electron chi connectivity index (χ3n) is 3.59. The van der Waals surface area contributed by atoms with Crippen LogP contribution in [-0.2, 0) is 4.74 Å². The summed E-state index contributed by atoms with van der Waals surface area (Å²) in [6.07, 6.45) is 3.97. The molecule has 0 bridgehead atoms. The Balaban J connectivity index is 2.37. The molecule has 90 valence electrons. The molecule has 1 rings (SSSR count). The Morgan fingerprint density at radius 1 is 1.47 bits per heavy atom. The highest BCUT2D eigenvalue weighted by molar-refractivity contribution is 4.86. The van der Waals surface area contributed by atoms with Crippen molar-refractivity contribution in [3.05, 3.63) is 0 Å². The van der Waals surface area contributed by atoms with Gasteiger partial charge in [-0.15, -0.1) is 0 Å². The molecule has 1 N–H and O–H groups in total. The molecule has 0 saturated carbocycles. The fraction of sp³-hybridized carbons (Fsp3) is 1.00. The lowest BCUT2D eigenvalue weighted by molar-refractivity contribution is 0.101. The second-order valence-electron chi connectivity index (χ2n) is 4.86. The average Bonchev–Trinajstić information content (AvgIpc) is 2.27. The Hall–Kier alpha value is -0.120. The topological polar surface area (TPSA) is 24.5 Å². The van der Waals surface area contributed by atoms with Gasteiger partial charge in [0.1, 0.15) is 0 Å². The van der Waals surface area contributed by atoms with E-state index in [4.69, 9.17) is 4.74 Å². The number of hydrogen-bond donors (Lipinski definition) is 1. The number of hydrogen-bond acceptors (Lipinski definition) is 3. The van der Waals surface area contributed by atoms with Gasteiger partial charge in [-0.1, -0.05) is 6.92 Å². The quantitative estimate of drug-likeness (QED) is 0.722. The number of likely N-dealkylation sites (N-methyl/N-ethyl adjacent to an activating group) is 1. The van der Waals surface area contributed by atoms with E-state index in [-0.39, 0.29) is 0 Å². The third-order valence-corrected chi connectivity index (χ3v) is 3.59. The fourth-order valence-corrected chi connectivity index (χ4v) is 2.48. The van der Waals surface area contributed by atoms with Crippen LogP contribution in [0.3, 0.4) is 0 Å². The van der Waals surface area contributed by atoms with Gasteiger partial charge < -0.3 is 15.0 Å². The highest BCUT2D eigenvalue weighted by atomic mass is 16.5. The summed E-state index contributed by atoms with van der Waals surface area (Å²) in [5.41, 5.74) is 0.501. The summed E-state index contributed by atoms with van der Waals surface area (Å²) in [5.74, 6) is 0. The van der Waals surface area contributed by atoms with Crippen LogP contribution >= 0.6 is 0 Å². The highest BCUT2D eigenvalue weighted by Gasteiger charge is 2.30. The lowest BCUT2D eigenvalue weighted by atomic mass is 9.78. The van der Waals surface area contributed by atoms with Gasteiger partial charge in [-0.05, 0) is 38.3 Å². The van der Waals surface area contributed by atoms with Crippen molar-refractivity contribution < 1.29 is 4.74 Å². The molecule has 1 heterocycles. The van der Waals surface area contributed by atoms with E-state index in [1.54, 1.807) is 7.11 Å². The predicted molar refractivity (Wildman–Crippen MR) is 64.2 cm³/mol. The standard InChI is InChI=1S/C12H26N2O/c1-4-12(6-5-7-13-10-12)11-14(2)8-9-15-3/h13H,4-11H2,1-3H3. The maximum absolute atomic E-state index is 5.11. The van der Waals surface area contributed by atoms with Crippen LogP contribution in [0.1, 0.15) is 26.2 Å². The number of ether oxygens (including phenoxy) is 1. The molecule has 1 aliphatic heterocycles. The number of piperidine rings is 1. The van der Waals surface area contributed by atoms with Crippen molar-refractivity contribution in [3.63, 3.8) is 0 Å². The average molecular weight is 214 g/mol. The zero-order valence-electron chi connectivity index (χ0n) is 10.5. The van der Waals surface area contributed by atoms with Crippen molar-refractivity contribution >= 4 is 0 Å². The first-order chi connectivity index (χ1) is 7.22. The summed E-state index contributed by atoms with van der Waals surface area (Å²) < 4.78 is 5.11. The molecular weight excluding hydrogens is 188 g/mol. The monoisotopic (exact) mass is 214 g/mol. The molecule has 0 aliphatic carbocycles. The number of rotatable bonds is 6. The molecule has 3 heteroatoms. The maximum Gasteiger partial charge on any atom is 0.0589 e. The van der Waals surface area contributed by atoms with Crippen LogP contribution in [-0.4, -0.2) is 51.8 Å². The van der Waals surface area contributed by atoms with Crippen LogP contribution in [0.15, 0.2) is 0 Å². The molecule has 0 amide bonds. The Morgan fingerprint density at radius 2 is 2.27 bits per heavy atom. The van der Waals surface area contributed by atoms with E-state index in [1.807, 2.05) is 0 Å². The Kier molecular flexibility index (Phi) is 5.58. The second kappa shape index (κ2) is 6.46. The summed E-state index contributed by atoms with van der Waals surface area (Å²) in [5, 5.41) is 3.53. The van der Waals surface area contributed by atoms with Gasteiger partial charge in [-0.2, -0.15) is 0 Å². The van der Waals surface area contributed by atoms with Gasteiger partial charge in [0.05, 0.1) is 6.61 Å². The number of nitrogens with one attached hydrogen (secondary N) is 1. The van der Waals surface area contributed by atoms with Crippen LogP contribution in [0.2, 0.25) is 0 Å². The van der Waals surface area contributed by atoms with Gasteiger partial charge >= 0.3 is 0 Å². The molecule has 3 nitrogen and oxygen atoms in total. The number of methoxy groups -OCH3 is 1. The first-order valence-electron chi connectivity index (χ1n) is 6.11. The maximum atomic E-state index is 5.11. The van der Waals surface area contributed by atoms with Crippen LogP contribution < -0.4 is 5.32 Å². The molecule has 0 aromatic carbocycles.